The van der Waals surface area contributed by atoms with Crippen molar-refractivity contribution in [3.63, 3.8) is 0 Å². The second-order valence-corrected chi connectivity index (χ2v) is 19.0. The van der Waals surface area contributed by atoms with E-state index in [2.05, 4.69) is 69.4 Å². The quantitative estimate of drug-likeness (QED) is 0.245. The first kappa shape index (κ1) is 37.4. The number of carbonyl (C=O) groups is 4. The van der Waals surface area contributed by atoms with Gasteiger partial charge in [0.15, 0.2) is 0 Å². The molecule has 3 saturated carbocycles. The lowest BCUT2D eigenvalue weighted by molar-refractivity contribution is -0.142. The van der Waals surface area contributed by atoms with Crippen molar-refractivity contribution in [2.75, 3.05) is 6.54 Å². The van der Waals surface area contributed by atoms with Crippen molar-refractivity contribution < 1.29 is 27.6 Å². The summed E-state index contributed by atoms with van der Waals surface area (Å²) < 4.78 is 30.8. The average Bonchev–Trinajstić information content (AvgIpc) is 3.81. The van der Waals surface area contributed by atoms with Crippen LogP contribution in [0.5, 0.6) is 0 Å². The van der Waals surface area contributed by atoms with Gasteiger partial charge in [0, 0.05) is 39.4 Å². The Labute approximate surface area is 314 Å². The molecule has 1 saturated heterocycles. The first-order chi connectivity index (χ1) is 24.0. The highest BCUT2D eigenvalue weighted by molar-refractivity contribution is 9.11. The standard InChI is InChI=1S/C34H44Br2N8O6S/c1-5-20-16-34(20,31(47)41-51(49,50)25-10-11-25)39-29(45)27-15-24(44-18-26(40-42-44)19-12-21(35)14-22(36)13-19)17-43(27)30(46)28(33(2,3)4)38-32(48)37-23-8-6-7-9-23/h5,12-14,18,20,23-25,27-28H,1,6-11,15-17H2,2-4H3,(H,39,45)(H,41,47)(H2,37,38,48)/t20-,24-,27+,28-,34-/m1/s1. The van der Waals surface area contributed by atoms with E-state index in [4.69, 9.17) is 0 Å². The van der Waals surface area contributed by atoms with E-state index in [1.165, 1.54) is 11.0 Å². The molecule has 1 aliphatic heterocycles. The Morgan fingerprint density at radius 1 is 1.06 bits per heavy atom. The number of likely N-dealkylation sites (tertiary alicyclic amines) is 1. The van der Waals surface area contributed by atoms with E-state index in [9.17, 15) is 27.6 Å². The molecule has 2 heterocycles. The van der Waals surface area contributed by atoms with Crippen molar-refractivity contribution in [1.82, 2.24) is 40.6 Å². The van der Waals surface area contributed by atoms with Crippen LogP contribution in [0.25, 0.3) is 11.3 Å². The van der Waals surface area contributed by atoms with Crippen LogP contribution in [0.15, 0.2) is 46.0 Å². The molecule has 0 radical (unpaired) electrons. The minimum Gasteiger partial charge on any atom is -0.339 e. The number of hydrogen-bond donors (Lipinski definition) is 4. The molecule has 17 heteroatoms. The number of aromatic nitrogens is 3. The molecule has 5 amide bonds. The van der Waals surface area contributed by atoms with Crippen LogP contribution in [0.3, 0.4) is 0 Å². The predicted octanol–water partition coefficient (Wildman–Crippen LogP) is 3.94. The van der Waals surface area contributed by atoms with Gasteiger partial charge in [-0.3, -0.25) is 19.1 Å². The molecule has 5 atom stereocenters. The van der Waals surface area contributed by atoms with E-state index < -0.39 is 74.0 Å². The van der Waals surface area contributed by atoms with Crippen molar-refractivity contribution in [3.8, 4) is 11.3 Å². The first-order valence-corrected chi connectivity index (χ1v) is 20.4. The van der Waals surface area contributed by atoms with E-state index in [1.54, 1.807) is 10.9 Å². The lowest BCUT2D eigenvalue weighted by Gasteiger charge is -2.36. The highest BCUT2D eigenvalue weighted by Gasteiger charge is 2.62. The number of carbonyl (C=O) groups excluding carboxylic acids is 4. The Balaban J connectivity index is 1.28. The molecule has 51 heavy (non-hydrogen) atoms. The number of hydrogen-bond acceptors (Lipinski definition) is 8. The third-order valence-corrected chi connectivity index (χ3v) is 13.0. The summed E-state index contributed by atoms with van der Waals surface area (Å²) in [5, 5.41) is 16.8. The Hall–Kier alpha value is -3.31. The molecule has 0 spiro atoms. The van der Waals surface area contributed by atoms with E-state index in [1.807, 2.05) is 39.0 Å². The van der Waals surface area contributed by atoms with Crippen molar-refractivity contribution >= 4 is 65.6 Å². The summed E-state index contributed by atoms with van der Waals surface area (Å²) in [7, 11) is -3.88. The van der Waals surface area contributed by atoms with Crippen molar-refractivity contribution in [3.05, 3.63) is 46.0 Å². The lowest BCUT2D eigenvalue weighted by atomic mass is 9.85. The Morgan fingerprint density at radius 2 is 1.73 bits per heavy atom. The summed E-state index contributed by atoms with van der Waals surface area (Å²) in [6.45, 7) is 9.37. The summed E-state index contributed by atoms with van der Waals surface area (Å²) >= 11 is 7.00. The zero-order chi connectivity index (χ0) is 36.9. The van der Waals surface area contributed by atoms with Crippen LogP contribution in [-0.4, -0.2) is 87.5 Å². The number of nitrogens with one attached hydrogen (secondary N) is 4. The highest BCUT2D eigenvalue weighted by atomic mass is 79.9. The monoisotopic (exact) mass is 850 g/mol. The van der Waals surface area contributed by atoms with Crippen molar-refractivity contribution in [2.45, 2.75) is 107 Å². The first-order valence-electron chi connectivity index (χ1n) is 17.3. The zero-order valence-corrected chi connectivity index (χ0v) is 32.8. The molecule has 4 fully saturated rings. The molecule has 1 aromatic carbocycles. The van der Waals surface area contributed by atoms with E-state index in [0.717, 1.165) is 40.2 Å². The maximum absolute atomic E-state index is 14.5. The maximum atomic E-state index is 14.5. The van der Waals surface area contributed by atoms with Gasteiger partial charge in [0.1, 0.15) is 23.3 Å². The fourth-order valence-corrected chi connectivity index (χ4v) is 9.71. The average molecular weight is 853 g/mol. The number of nitrogens with zero attached hydrogens (tertiary/aromatic N) is 4. The normalized spacial score (nSPS) is 25.6. The second-order valence-electron chi connectivity index (χ2n) is 15.2. The number of urea groups is 1. The summed E-state index contributed by atoms with van der Waals surface area (Å²) in [4.78, 5) is 56.9. The molecule has 0 bridgehead atoms. The van der Waals surface area contributed by atoms with Gasteiger partial charge in [0.05, 0.1) is 17.5 Å². The number of amides is 5. The Morgan fingerprint density at radius 3 is 2.31 bits per heavy atom. The minimum atomic E-state index is -3.88. The van der Waals surface area contributed by atoms with Gasteiger partial charge in [0.2, 0.25) is 21.8 Å². The zero-order valence-electron chi connectivity index (χ0n) is 28.8. The Bertz CT molecular complexity index is 1820. The fraction of sp³-hybridized carbons (Fsp3) is 0.588. The molecular weight excluding hydrogens is 808 g/mol. The minimum absolute atomic E-state index is 0.0326. The molecule has 6 rings (SSSR count). The summed E-state index contributed by atoms with van der Waals surface area (Å²) in [6, 6.07) is 2.72. The molecule has 276 valence electrons. The summed E-state index contributed by atoms with van der Waals surface area (Å²) in [5.41, 5.74) is -0.878. The van der Waals surface area contributed by atoms with Gasteiger partial charge in [-0.2, -0.15) is 0 Å². The van der Waals surface area contributed by atoms with Crippen molar-refractivity contribution in [2.24, 2.45) is 11.3 Å². The SMILES string of the molecule is C=C[C@@H]1C[C@]1(NC(=O)[C@@H]1C[C@@H](n2cc(-c3cc(Br)cc(Br)c3)nn2)CN1C(=O)[C@@H](NC(=O)NC1CCCC1)C(C)(C)C)C(=O)NS(=O)(=O)C1CC1. The number of halogens is 2. The lowest BCUT2D eigenvalue weighted by Crippen LogP contribution is -2.61. The topological polar surface area (TPSA) is 184 Å². The molecule has 14 nitrogen and oxygen atoms in total. The van der Waals surface area contributed by atoms with Crippen molar-refractivity contribution in [1.29, 1.82) is 0 Å². The highest BCUT2D eigenvalue weighted by Crippen LogP contribution is 2.46. The van der Waals surface area contributed by atoms with Gasteiger partial charge in [0.25, 0.3) is 5.91 Å². The van der Waals surface area contributed by atoms with Crippen LogP contribution >= 0.6 is 31.9 Å². The third kappa shape index (κ3) is 8.19. The van der Waals surface area contributed by atoms with Crippen LogP contribution in [0.2, 0.25) is 0 Å². The van der Waals surface area contributed by atoms with Gasteiger partial charge in [-0.25, -0.2) is 17.9 Å². The summed E-state index contributed by atoms with van der Waals surface area (Å²) in [6.07, 6.45) is 8.31. The largest absolute Gasteiger partial charge is 0.339 e. The number of rotatable bonds is 11. The Kier molecular flexibility index (Phi) is 10.5. The number of sulfonamides is 1. The predicted molar refractivity (Wildman–Crippen MR) is 196 cm³/mol. The molecule has 1 aromatic heterocycles. The van der Waals surface area contributed by atoms with E-state index >= 15 is 0 Å². The van der Waals surface area contributed by atoms with Gasteiger partial charge < -0.3 is 20.9 Å². The molecule has 3 aliphatic carbocycles. The molecule has 2 aromatic rings. The van der Waals surface area contributed by atoms with Gasteiger partial charge in [-0.15, -0.1) is 11.7 Å². The van der Waals surface area contributed by atoms with Gasteiger partial charge in [-0.1, -0.05) is 76.8 Å². The fourth-order valence-electron chi connectivity index (χ4n) is 7.05. The van der Waals surface area contributed by atoms with E-state index in [-0.39, 0.29) is 25.4 Å². The van der Waals surface area contributed by atoms with Gasteiger partial charge >= 0.3 is 6.03 Å². The summed E-state index contributed by atoms with van der Waals surface area (Å²) in [5.74, 6) is -2.40. The third-order valence-electron chi connectivity index (χ3n) is 10.2. The molecular formula is C34H44Br2N8O6S. The van der Waals surface area contributed by atoms with Crippen LogP contribution in [0.4, 0.5) is 4.79 Å². The van der Waals surface area contributed by atoms with E-state index in [0.29, 0.717) is 18.5 Å². The second kappa shape index (κ2) is 14.3. The van der Waals surface area contributed by atoms with Crippen LogP contribution < -0.4 is 20.7 Å². The smallest absolute Gasteiger partial charge is 0.315 e. The van der Waals surface area contributed by atoms with Crippen LogP contribution in [-0.2, 0) is 24.4 Å². The van der Waals surface area contributed by atoms with Gasteiger partial charge in [-0.05, 0) is 55.7 Å². The van der Waals surface area contributed by atoms with Crippen LogP contribution in [0, 0.1) is 11.3 Å². The maximum Gasteiger partial charge on any atom is 0.315 e. The van der Waals surface area contributed by atoms with Crippen LogP contribution in [0.1, 0.15) is 78.2 Å². The molecule has 0 unspecified atom stereocenters. The molecule has 4 aliphatic rings. The number of benzene rings is 1. The molecule has 4 N–H and O–H groups in total.